The highest BCUT2D eigenvalue weighted by Crippen LogP contribution is 2.29. The van der Waals surface area contributed by atoms with Crippen LogP contribution in [0.25, 0.3) is 22.3 Å². The number of likely N-dealkylation sites (tertiary alicyclic amines) is 1. The van der Waals surface area contributed by atoms with Crippen molar-refractivity contribution >= 4 is 11.0 Å². The largest absolute Gasteiger partial charge is 0.493 e. The fraction of sp³-hybridized carbons (Fsp3) is 0.400. The molecule has 2 aromatic carbocycles. The Morgan fingerprint density at radius 2 is 1.97 bits per heavy atom. The van der Waals surface area contributed by atoms with Crippen LogP contribution in [-0.2, 0) is 0 Å². The van der Waals surface area contributed by atoms with E-state index in [4.69, 9.17) is 9.15 Å². The van der Waals surface area contributed by atoms with E-state index in [0.29, 0.717) is 29.4 Å². The van der Waals surface area contributed by atoms with Crippen molar-refractivity contribution in [3.8, 4) is 17.1 Å². The van der Waals surface area contributed by atoms with E-state index in [1.165, 1.54) is 25.8 Å². The molecule has 0 saturated carbocycles. The summed E-state index contributed by atoms with van der Waals surface area (Å²) in [6.45, 7) is 7.21. The van der Waals surface area contributed by atoms with Crippen LogP contribution in [0, 0.1) is 6.92 Å². The molecule has 29 heavy (non-hydrogen) atoms. The predicted octanol–water partition coefficient (Wildman–Crippen LogP) is 5.41. The van der Waals surface area contributed by atoms with Crippen LogP contribution in [0.15, 0.2) is 57.7 Å². The van der Waals surface area contributed by atoms with Gasteiger partial charge >= 0.3 is 0 Å². The Bertz CT molecular complexity index is 1030. The number of nitrogens with zero attached hydrogens (tertiary/aromatic N) is 1. The predicted molar refractivity (Wildman–Crippen MR) is 118 cm³/mol. The molecule has 3 aromatic rings. The highest BCUT2D eigenvalue weighted by molar-refractivity contribution is 5.83. The quantitative estimate of drug-likeness (QED) is 0.527. The summed E-state index contributed by atoms with van der Waals surface area (Å²) in [6, 6.07) is 15.7. The molecule has 152 valence electrons. The number of hydrogen-bond donors (Lipinski definition) is 0. The molecule has 1 saturated heterocycles. The second-order valence-electron chi connectivity index (χ2n) is 7.99. The van der Waals surface area contributed by atoms with Gasteiger partial charge in [-0.3, -0.25) is 4.79 Å². The van der Waals surface area contributed by atoms with Gasteiger partial charge in [0.05, 0.1) is 12.0 Å². The minimum atomic E-state index is -0.0289. The summed E-state index contributed by atoms with van der Waals surface area (Å²) >= 11 is 0. The maximum Gasteiger partial charge on any atom is 0.193 e. The number of hydrogen-bond acceptors (Lipinski definition) is 4. The summed E-state index contributed by atoms with van der Waals surface area (Å²) in [4.78, 5) is 15.2. The number of benzene rings is 2. The molecule has 4 heteroatoms. The summed E-state index contributed by atoms with van der Waals surface area (Å²) in [5.41, 5.74) is 2.36. The average Bonchev–Trinajstić information content (AvgIpc) is 2.74. The van der Waals surface area contributed by atoms with Crippen molar-refractivity contribution in [3.05, 3.63) is 64.3 Å². The lowest BCUT2D eigenvalue weighted by Gasteiger charge is -2.33. The summed E-state index contributed by atoms with van der Waals surface area (Å²) in [5.74, 6) is 1.37. The van der Waals surface area contributed by atoms with Gasteiger partial charge in [-0.15, -0.1) is 0 Å². The van der Waals surface area contributed by atoms with Gasteiger partial charge in [-0.05, 0) is 51.8 Å². The lowest BCUT2D eigenvalue weighted by molar-refractivity contribution is 0.148. The smallest absolute Gasteiger partial charge is 0.193 e. The Morgan fingerprint density at radius 1 is 1.14 bits per heavy atom. The zero-order valence-corrected chi connectivity index (χ0v) is 17.3. The standard InChI is InChI=1S/C25H29NO3/c1-18-9-6-7-14-26(18)15-8-16-28-23-13-12-21-22(27)17-24(29-25(21)19(23)2)20-10-4-3-5-11-20/h3-5,10-13,17-18H,6-9,14-16H2,1-2H3. The molecule has 4 rings (SSSR count). The third kappa shape index (κ3) is 4.38. The molecular formula is C25H29NO3. The van der Waals surface area contributed by atoms with Gasteiger partial charge in [0.2, 0.25) is 0 Å². The second kappa shape index (κ2) is 8.83. The normalized spacial score (nSPS) is 17.5. The Hall–Kier alpha value is -2.59. The molecule has 0 radical (unpaired) electrons. The van der Waals surface area contributed by atoms with Gasteiger partial charge in [0, 0.05) is 29.8 Å². The number of piperidine rings is 1. The van der Waals surface area contributed by atoms with Crippen LogP contribution in [0.5, 0.6) is 5.75 Å². The van der Waals surface area contributed by atoms with E-state index in [9.17, 15) is 4.79 Å². The average molecular weight is 392 g/mol. The highest BCUT2D eigenvalue weighted by Gasteiger charge is 2.17. The maximum atomic E-state index is 12.6. The van der Waals surface area contributed by atoms with Crippen LogP contribution >= 0.6 is 0 Å². The van der Waals surface area contributed by atoms with E-state index in [0.717, 1.165) is 29.8 Å². The first-order valence-electron chi connectivity index (χ1n) is 10.6. The molecule has 0 N–H and O–H groups in total. The van der Waals surface area contributed by atoms with E-state index in [-0.39, 0.29) is 5.43 Å². The Labute approximate surface area is 172 Å². The Kier molecular flexibility index (Phi) is 6.00. The van der Waals surface area contributed by atoms with Crippen LogP contribution in [0.2, 0.25) is 0 Å². The molecule has 0 aliphatic carbocycles. The van der Waals surface area contributed by atoms with E-state index in [1.54, 1.807) is 6.07 Å². The number of ether oxygens (including phenoxy) is 1. The second-order valence-corrected chi connectivity index (χ2v) is 7.99. The monoisotopic (exact) mass is 391 g/mol. The van der Waals surface area contributed by atoms with Crippen molar-refractivity contribution in [2.45, 2.75) is 45.6 Å². The zero-order chi connectivity index (χ0) is 20.2. The summed E-state index contributed by atoms with van der Waals surface area (Å²) < 4.78 is 12.2. The van der Waals surface area contributed by atoms with Crippen LogP contribution < -0.4 is 10.2 Å². The first-order chi connectivity index (χ1) is 14.1. The van der Waals surface area contributed by atoms with Gasteiger partial charge in [0.1, 0.15) is 17.1 Å². The number of rotatable bonds is 6. The molecule has 1 aliphatic rings. The molecule has 1 unspecified atom stereocenters. The van der Waals surface area contributed by atoms with Gasteiger partial charge in [0.15, 0.2) is 5.43 Å². The van der Waals surface area contributed by atoms with Crippen molar-refractivity contribution < 1.29 is 9.15 Å². The lowest BCUT2D eigenvalue weighted by Crippen LogP contribution is -2.38. The fourth-order valence-electron chi connectivity index (χ4n) is 4.18. The van der Waals surface area contributed by atoms with Gasteiger partial charge < -0.3 is 14.1 Å². The zero-order valence-electron chi connectivity index (χ0n) is 17.3. The Morgan fingerprint density at radius 3 is 2.76 bits per heavy atom. The fourth-order valence-corrected chi connectivity index (χ4v) is 4.18. The van der Waals surface area contributed by atoms with E-state index >= 15 is 0 Å². The minimum Gasteiger partial charge on any atom is -0.493 e. The van der Waals surface area contributed by atoms with Crippen molar-refractivity contribution in [2.24, 2.45) is 0 Å². The Balaban J connectivity index is 1.50. The topological polar surface area (TPSA) is 42.7 Å². The van der Waals surface area contributed by atoms with E-state index in [1.807, 2.05) is 49.4 Å². The van der Waals surface area contributed by atoms with Gasteiger partial charge in [-0.2, -0.15) is 0 Å². The molecule has 1 aromatic heterocycles. The van der Waals surface area contributed by atoms with Gasteiger partial charge in [-0.1, -0.05) is 36.8 Å². The van der Waals surface area contributed by atoms with E-state index in [2.05, 4.69) is 11.8 Å². The lowest BCUT2D eigenvalue weighted by atomic mass is 10.0. The van der Waals surface area contributed by atoms with Crippen molar-refractivity contribution in [1.29, 1.82) is 0 Å². The van der Waals surface area contributed by atoms with Crippen LogP contribution in [0.1, 0.15) is 38.2 Å². The number of fused-ring (bicyclic) bond motifs is 1. The maximum absolute atomic E-state index is 12.6. The third-order valence-electron chi connectivity index (χ3n) is 5.94. The molecule has 0 bridgehead atoms. The van der Waals surface area contributed by atoms with Crippen LogP contribution in [-0.4, -0.2) is 30.6 Å². The minimum absolute atomic E-state index is 0.0289. The molecule has 1 atom stereocenters. The summed E-state index contributed by atoms with van der Waals surface area (Å²) in [7, 11) is 0. The molecule has 1 aliphatic heterocycles. The molecule has 0 amide bonds. The third-order valence-corrected chi connectivity index (χ3v) is 5.94. The number of aryl methyl sites for hydroxylation is 1. The summed E-state index contributed by atoms with van der Waals surface area (Å²) in [6.07, 6.45) is 4.95. The highest BCUT2D eigenvalue weighted by atomic mass is 16.5. The molecule has 0 spiro atoms. The first kappa shape index (κ1) is 19.7. The molecule has 2 heterocycles. The first-order valence-corrected chi connectivity index (χ1v) is 10.6. The van der Waals surface area contributed by atoms with Crippen molar-refractivity contribution in [2.75, 3.05) is 19.7 Å². The summed E-state index contributed by atoms with van der Waals surface area (Å²) in [5, 5.41) is 0.594. The van der Waals surface area contributed by atoms with E-state index < -0.39 is 0 Å². The van der Waals surface area contributed by atoms with Gasteiger partial charge in [0.25, 0.3) is 0 Å². The SMILES string of the molecule is Cc1c(OCCCN2CCCCC2C)ccc2c(=O)cc(-c3ccccc3)oc12. The van der Waals surface area contributed by atoms with Crippen molar-refractivity contribution in [3.63, 3.8) is 0 Å². The van der Waals surface area contributed by atoms with Crippen LogP contribution in [0.3, 0.4) is 0 Å². The molecule has 4 nitrogen and oxygen atoms in total. The molecular weight excluding hydrogens is 362 g/mol. The van der Waals surface area contributed by atoms with Gasteiger partial charge in [-0.25, -0.2) is 0 Å². The van der Waals surface area contributed by atoms with Crippen molar-refractivity contribution in [1.82, 2.24) is 4.90 Å². The van der Waals surface area contributed by atoms with Crippen LogP contribution in [0.4, 0.5) is 0 Å². The molecule has 1 fully saturated rings.